The van der Waals surface area contributed by atoms with Crippen LogP contribution in [0, 0.1) is 0 Å². The lowest BCUT2D eigenvalue weighted by atomic mass is 9.85. The number of benzene rings is 1. The molecule has 4 heterocycles. The molecule has 134 valence electrons. The molecule has 1 fully saturated rings. The summed E-state index contributed by atoms with van der Waals surface area (Å²) >= 11 is 1.79. The van der Waals surface area contributed by atoms with Crippen LogP contribution >= 0.6 is 11.3 Å². The van der Waals surface area contributed by atoms with Gasteiger partial charge in [-0.3, -0.25) is 4.90 Å². The monoisotopic (exact) mass is 364 g/mol. The Labute approximate surface area is 158 Å². The summed E-state index contributed by atoms with van der Waals surface area (Å²) in [6, 6.07) is 12.9. The van der Waals surface area contributed by atoms with Crippen molar-refractivity contribution in [1.29, 1.82) is 0 Å². The third-order valence-corrected chi connectivity index (χ3v) is 6.58. The Balaban J connectivity index is 1.38. The van der Waals surface area contributed by atoms with Crippen LogP contribution in [0.2, 0.25) is 0 Å². The Morgan fingerprint density at radius 2 is 1.92 bits per heavy atom. The predicted molar refractivity (Wildman–Crippen MR) is 106 cm³/mol. The number of hydrogen-bond donors (Lipinski definition) is 1. The van der Waals surface area contributed by atoms with E-state index in [1.54, 1.807) is 11.3 Å². The number of likely N-dealkylation sites (tertiary alicyclic amines) is 1. The molecule has 0 unspecified atom stereocenters. The molecule has 0 aliphatic carbocycles. The van der Waals surface area contributed by atoms with E-state index >= 15 is 0 Å². The molecule has 1 aromatic carbocycles. The zero-order valence-corrected chi connectivity index (χ0v) is 15.7. The number of aromatic nitrogens is 2. The van der Waals surface area contributed by atoms with Gasteiger partial charge in [0.15, 0.2) is 0 Å². The maximum absolute atomic E-state index is 4.89. The van der Waals surface area contributed by atoms with Gasteiger partial charge in [-0.25, -0.2) is 4.98 Å². The third kappa shape index (κ3) is 2.80. The second-order valence-electron chi connectivity index (χ2n) is 7.40. The highest BCUT2D eigenvalue weighted by molar-refractivity contribution is 7.07. The van der Waals surface area contributed by atoms with Gasteiger partial charge in [-0.15, -0.1) is 0 Å². The highest BCUT2D eigenvalue weighted by atomic mass is 32.1. The Kier molecular flexibility index (Phi) is 4.15. The smallest absolute Gasteiger partial charge is 0.129 e. The number of piperidine rings is 1. The second kappa shape index (κ2) is 6.65. The number of nitrogens with one attached hydrogen (secondary N) is 1. The Morgan fingerprint density at radius 1 is 1.08 bits per heavy atom. The molecule has 2 aromatic heterocycles. The Hall–Kier alpha value is -1.95. The summed E-state index contributed by atoms with van der Waals surface area (Å²) in [6.45, 7) is 5.34. The number of imidazole rings is 1. The van der Waals surface area contributed by atoms with E-state index in [4.69, 9.17) is 4.98 Å². The molecule has 2 aliphatic rings. The van der Waals surface area contributed by atoms with Crippen LogP contribution in [0.5, 0.6) is 0 Å². The predicted octanol–water partition coefficient (Wildman–Crippen LogP) is 3.71. The number of fused-ring (bicyclic) bond motifs is 2. The average molecular weight is 365 g/mol. The molecule has 1 spiro atoms. The van der Waals surface area contributed by atoms with Crippen LogP contribution in [-0.4, -0.2) is 34.1 Å². The van der Waals surface area contributed by atoms with Crippen molar-refractivity contribution in [2.45, 2.75) is 31.5 Å². The first kappa shape index (κ1) is 16.2. The van der Waals surface area contributed by atoms with E-state index in [9.17, 15) is 0 Å². The van der Waals surface area contributed by atoms with E-state index < -0.39 is 0 Å². The van der Waals surface area contributed by atoms with E-state index in [2.05, 4.69) is 68.1 Å². The van der Waals surface area contributed by atoms with Crippen molar-refractivity contribution >= 4 is 11.3 Å². The Bertz CT molecular complexity index is 861. The van der Waals surface area contributed by atoms with Gasteiger partial charge in [-0.2, -0.15) is 11.3 Å². The molecule has 0 atom stereocenters. The highest BCUT2D eigenvalue weighted by Crippen LogP contribution is 2.37. The number of nitrogens with zero attached hydrogens (tertiary/aromatic N) is 3. The first-order valence-electron chi connectivity index (χ1n) is 9.44. The van der Waals surface area contributed by atoms with Crippen molar-refractivity contribution in [2.75, 3.05) is 19.6 Å². The van der Waals surface area contributed by atoms with Crippen molar-refractivity contribution < 1.29 is 0 Å². The minimum atomic E-state index is 0.0381. The minimum Gasteiger partial charge on any atom is -0.325 e. The molecule has 5 rings (SSSR count). The summed E-state index contributed by atoms with van der Waals surface area (Å²) < 4.78 is 2.44. The quantitative estimate of drug-likeness (QED) is 0.769. The fraction of sp³-hybridized carbons (Fsp3) is 0.381. The summed E-state index contributed by atoms with van der Waals surface area (Å²) in [6.07, 6.45) is 4.32. The second-order valence-corrected chi connectivity index (χ2v) is 8.18. The SMILES string of the molecule is c1ccc(-c2cnc3n2CCNC32CCN(Cc3ccsc3)CC2)cc1. The van der Waals surface area contributed by atoms with Gasteiger partial charge < -0.3 is 9.88 Å². The molecule has 0 saturated carbocycles. The average Bonchev–Trinajstić information content (AvgIpc) is 3.35. The number of thiophene rings is 1. The van der Waals surface area contributed by atoms with Crippen molar-refractivity contribution in [3.63, 3.8) is 0 Å². The van der Waals surface area contributed by atoms with Gasteiger partial charge in [0, 0.05) is 32.7 Å². The molecule has 1 saturated heterocycles. The fourth-order valence-electron chi connectivity index (χ4n) is 4.44. The van der Waals surface area contributed by atoms with Crippen LogP contribution in [0.1, 0.15) is 24.2 Å². The largest absolute Gasteiger partial charge is 0.325 e. The summed E-state index contributed by atoms with van der Waals surface area (Å²) in [5.41, 5.74) is 3.99. The van der Waals surface area contributed by atoms with Crippen LogP contribution in [0.4, 0.5) is 0 Å². The molecular weight excluding hydrogens is 340 g/mol. The van der Waals surface area contributed by atoms with Gasteiger partial charge in [0.25, 0.3) is 0 Å². The maximum atomic E-state index is 4.89. The summed E-state index contributed by atoms with van der Waals surface area (Å²) in [5.74, 6) is 1.23. The van der Waals surface area contributed by atoms with Crippen molar-refractivity contribution in [2.24, 2.45) is 0 Å². The van der Waals surface area contributed by atoms with Crippen LogP contribution in [0.15, 0.2) is 53.4 Å². The highest BCUT2D eigenvalue weighted by Gasteiger charge is 2.41. The van der Waals surface area contributed by atoms with Crippen LogP contribution in [0.25, 0.3) is 11.3 Å². The van der Waals surface area contributed by atoms with Crippen LogP contribution < -0.4 is 5.32 Å². The normalized spacial score (nSPS) is 19.5. The number of hydrogen-bond acceptors (Lipinski definition) is 4. The van der Waals surface area contributed by atoms with Crippen molar-refractivity contribution in [3.05, 3.63) is 64.7 Å². The lowest BCUT2D eigenvalue weighted by Crippen LogP contribution is -2.55. The van der Waals surface area contributed by atoms with Gasteiger partial charge in [-0.1, -0.05) is 30.3 Å². The van der Waals surface area contributed by atoms with E-state index in [1.807, 2.05) is 0 Å². The van der Waals surface area contributed by atoms with E-state index in [1.165, 1.54) is 22.6 Å². The van der Waals surface area contributed by atoms with E-state index in [0.29, 0.717) is 0 Å². The molecule has 3 aromatic rings. The summed E-state index contributed by atoms with van der Waals surface area (Å²) in [7, 11) is 0. The summed E-state index contributed by atoms with van der Waals surface area (Å²) in [5, 5.41) is 8.26. The van der Waals surface area contributed by atoms with E-state index in [-0.39, 0.29) is 5.54 Å². The molecular formula is C21H24N4S. The van der Waals surface area contributed by atoms with Gasteiger partial charge >= 0.3 is 0 Å². The molecule has 5 heteroatoms. The van der Waals surface area contributed by atoms with Gasteiger partial charge in [0.1, 0.15) is 5.82 Å². The first-order chi connectivity index (χ1) is 12.8. The molecule has 0 radical (unpaired) electrons. The lowest BCUT2D eigenvalue weighted by molar-refractivity contribution is 0.109. The molecule has 1 N–H and O–H groups in total. The molecule has 0 amide bonds. The van der Waals surface area contributed by atoms with E-state index in [0.717, 1.165) is 45.6 Å². The zero-order chi connectivity index (χ0) is 17.4. The Morgan fingerprint density at radius 3 is 2.69 bits per heavy atom. The third-order valence-electron chi connectivity index (χ3n) is 5.85. The first-order valence-corrected chi connectivity index (χ1v) is 10.4. The number of rotatable bonds is 3. The standard InChI is InChI=1S/C21H24N4S/c1-2-4-18(5-3-1)19-14-22-20-21(23-9-12-25(19)20)7-10-24(11-8-21)15-17-6-13-26-16-17/h1-6,13-14,16,23H,7-12,15H2. The molecule has 26 heavy (non-hydrogen) atoms. The van der Waals surface area contributed by atoms with Gasteiger partial charge in [0.2, 0.25) is 0 Å². The van der Waals surface area contributed by atoms with Crippen LogP contribution in [-0.2, 0) is 18.6 Å². The molecule has 4 nitrogen and oxygen atoms in total. The van der Waals surface area contributed by atoms with Gasteiger partial charge in [-0.05, 0) is 40.8 Å². The zero-order valence-electron chi connectivity index (χ0n) is 14.9. The molecule has 2 aliphatic heterocycles. The lowest BCUT2D eigenvalue weighted by Gasteiger charge is -2.44. The fourth-order valence-corrected chi connectivity index (χ4v) is 5.10. The topological polar surface area (TPSA) is 33.1 Å². The van der Waals surface area contributed by atoms with Gasteiger partial charge in [0.05, 0.1) is 17.4 Å². The maximum Gasteiger partial charge on any atom is 0.129 e. The minimum absolute atomic E-state index is 0.0381. The summed E-state index contributed by atoms with van der Waals surface area (Å²) in [4.78, 5) is 7.47. The van der Waals surface area contributed by atoms with Crippen molar-refractivity contribution in [1.82, 2.24) is 19.8 Å². The van der Waals surface area contributed by atoms with Crippen LogP contribution in [0.3, 0.4) is 0 Å². The van der Waals surface area contributed by atoms with Crippen molar-refractivity contribution in [3.8, 4) is 11.3 Å². The molecule has 0 bridgehead atoms.